The number of nitrogens with one attached hydrogen (secondary N) is 1. The van der Waals surface area contributed by atoms with Crippen LogP contribution >= 0.6 is 23.7 Å². The van der Waals surface area contributed by atoms with Gasteiger partial charge in [-0.25, -0.2) is 13.8 Å². The predicted molar refractivity (Wildman–Crippen MR) is 94.6 cm³/mol. The number of carbonyl (C=O) groups is 1. The topological polar surface area (TPSA) is 68.0 Å². The second-order valence-electron chi connectivity index (χ2n) is 5.44. The van der Waals surface area contributed by atoms with Crippen LogP contribution < -0.4 is 11.1 Å². The highest BCUT2D eigenvalue weighted by Gasteiger charge is 2.20. The molecule has 1 aromatic carbocycles. The number of hydrogen-bond acceptors (Lipinski definition) is 4. The Kier molecular flexibility index (Phi) is 7.72. The van der Waals surface area contributed by atoms with Gasteiger partial charge in [0.1, 0.15) is 11.6 Å². The number of benzene rings is 1. The van der Waals surface area contributed by atoms with Crippen molar-refractivity contribution < 1.29 is 13.6 Å². The zero-order valence-electron chi connectivity index (χ0n) is 13.4. The molecule has 1 aromatic heterocycles. The van der Waals surface area contributed by atoms with Gasteiger partial charge in [-0.3, -0.25) is 4.79 Å². The van der Waals surface area contributed by atoms with E-state index in [0.29, 0.717) is 10.7 Å². The average molecular weight is 376 g/mol. The standard InChI is InChI=1S/C16H19F2N3OS.ClH/c1-3-9(2)14(19)15(22)21-16-20-8-12(23-16)6-10-4-5-11(17)7-13(10)18;/h4-5,7-9,14H,3,6,19H2,1-2H3,(H,20,21,22);1H. The van der Waals surface area contributed by atoms with E-state index in [0.717, 1.165) is 17.4 Å². The summed E-state index contributed by atoms with van der Waals surface area (Å²) in [6.45, 7) is 3.88. The maximum absolute atomic E-state index is 13.6. The summed E-state index contributed by atoms with van der Waals surface area (Å²) < 4.78 is 26.5. The number of anilines is 1. The third kappa shape index (κ3) is 5.22. The minimum atomic E-state index is -0.609. The number of rotatable bonds is 6. The summed E-state index contributed by atoms with van der Waals surface area (Å²) in [5.74, 6) is -1.42. The van der Waals surface area contributed by atoms with Gasteiger partial charge in [-0.15, -0.1) is 23.7 Å². The molecular weight excluding hydrogens is 356 g/mol. The quantitative estimate of drug-likeness (QED) is 0.808. The lowest BCUT2D eigenvalue weighted by atomic mass is 10.00. The summed E-state index contributed by atoms with van der Waals surface area (Å²) in [5, 5.41) is 3.10. The van der Waals surface area contributed by atoms with E-state index in [-0.39, 0.29) is 30.7 Å². The van der Waals surface area contributed by atoms with Crippen molar-refractivity contribution in [2.24, 2.45) is 11.7 Å². The molecular formula is C16H20ClF2N3OS. The molecule has 1 heterocycles. The maximum Gasteiger partial charge on any atom is 0.243 e. The Morgan fingerprint density at radius 1 is 1.42 bits per heavy atom. The lowest BCUT2D eigenvalue weighted by molar-refractivity contribution is -0.118. The molecule has 0 radical (unpaired) electrons. The zero-order chi connectivity index (χ0) is 17.0. The molecule has 3 N–H and O–H groups in total. The largest absolute Gasteiger partial charge is 0.320 e. The number of carbonyl (C=O) groups excluding carboxylic acids is 1. The highest BCUT2D eigenvalue weighted by atomic mass is 35.5. The maximum atomic E-state index is 13.6. The predicted octanol–water partition coefficient (Wildman–Crippen LogP) is 3.75. The molecule has 24 heavy (non-hydrogen) atoms. The van der Waals surface area contributed by atoms with Crippen LogP contribution in [0.4, 0.5) is 13.9 Å². The smallest absolute Gasteiger partial charge is 0.243 e. The van der Waals surface area contributed by atoms with E-state index in [1.807, 2.05) is 13.8 Å². The minimum Gasteiger partial charge on any atom is -0.320 e. The average Bonchev–Trinajstić information content (AvgIpc) is 2.95. The van der Waals surface area contributed by atoms with Gasteiger partial charge in [0.25, 0.3) is 0 Å². The Morgan fingerprint density at radius 3 is 2.75 bits per heavy atom. The molecule has 132 valence electrons. The van der Waals surface area contributed by atoms with Crippen LogP contribution in [-0.2, 0) is 11.2 Å². The van der Waals surface area contributed by atoms with E-state index in [4.69, 9.17) is 5.73 Å². The van der Waals surface area contributed by atoms with Gasteiger partial charge in [0.05, 0.1) is 6.04 Å². The van der Waals surface area contributed by atoms with Crippen LogP contribution in [0, 0.1) is 17.6 Å². The van der Waals surface area contributed by atoms with Crippen LogP contribution in [0.3, 0.4) is 0 Å². The first-order chi connectivity index (χ1) is 10.9. The zero-order valence-corrected chi connectivity index (χ0v) is 15.0. The molecule has 2 aromatic rings. The highest BCUT2D eigenvalue weighted by molar-refractivity contribution is 7.15. The van der Waals surface area contributed by atoms with E-state index in [2.05, 4.69) is 10.3 Å². The van der Waals surface area contributed by atoms with E-state index >= 15 is 0 Å². The summed E-state index contributed by atoms with van der Waals surface area (Å²) in [4.78, 5) is 16.9. The highest BCUT2D eigenvalue weighted by Crippen LogP contribution is 2.23. The first-order valence-corrected chi connectivity index (χ1v) is 8.17. The van der Waals surface area contributed by atoms with E-state index in [9.17, 15) is 13.6 Å². The van der Waals surface area contributed by atoms with Crippen molar-refractivity contribution >= 4 is 34.8 Å². The summed E-state index contributed by atoms with van der Waals surface area (Å²) in [5.41, 5.74) is 6.24. The van der Waals surface area contributed by atoms with Gasteiger partial charge in [0.15, 0.2) is 5.13 Å². The van der Waals surface area contributed by atoms with Crippen molar-refractivity contribution in [1.82, 2.24) is 4.98 Å². The Bertz CT molecular complexity index is 696. The van der Waals surface area contributed by atoms with Gasteiger partial charge in [-0.2, -0.15) is 0 Å². The van der Waals surface area contributed by atoms with Gasteiger partial charge in [0.2, 0.25) is 5.91 Å². The first kappa shape index (κ1) is 20.5. The fourth-order valence-corrected chi connectivity index (χ4v) is 2.84. The molecule has 8 heteroatoms. The Balaban J connectivity index is 0.00000288. The van der Waals surface area contributed by atoms with Gasteiger partial charge in [-0.1, -0.05) is 26.3 Å². The molecule has 0 aliphatic rings. The van der Waals surface area contributed by atoms with Crippen LogP contribution in [0.5, 0.6) is 0 Å². The molecule has 0 fully saturated rings. The van der Waals surface area contributed by atoms with Crippen LogP contribution in [0.15, 0.2) is 24.4 Å². The second kappa shape index (κ2) is 9.05. The van der Waals surface area contributed by atoms with Gasteiger partial charge in [-0.05, 0) is 17.5 Å². The first-order valence-electron chi connectivity index (χ1n) is 7.35. The normalized spacial score (nSPS) is 13.0. The van der Waals surface area contributed by atoms with Crippen molar-refractivity contribution in [1.29, 1.82) is 0 Å². The third-order valence-electron chi connectivity index (χ3n) is 3.72. The fourth-order valence-electron chi connectivity index (χ4n) is 2.00. The van der Waals surface area contributed by atoms with Crippen molar-refractivity contribution in [3.05, 3.63) is 46.5 Å². The SMILES string of the molecule is CCC(C)C(N)C(=O)Nc1ncc(Cc2ccc(F)cc2F)s1.Cl. The summed E-state index contributed by atoms with van der Waals surface area (Å²) >= 11 is 1.25. The summed E-state index contributed by atoms with van der Waals surface area (Å²) in [6, 6.07) is 2.88. The molecule has 4 nitrogen and oxygen atoms in total. The molecule has 0 spiro atoms. The Morgan fingerprint density at radius 2 is 2.12 bits per heavy atom. The van der Waals surface area contributed by atoms with E-state index in [1.165, 1.54) is 23.5 Å². The number of nitrogens with zero attached hydrogens (tertiary/aromatic N) is 1. The molecule has 1 amide bonds. The second-order valence-corrected chi connectivity index (χ2v) is 6.56. The van der Waals surface area contributed by atoms with Crippen LogP contribution in [0.2, 0.25) is 0 Å². The van der Waals surface area contributed by atoms with Gasteiger partial charge in [0, 0.05) is 23.6 Å². The van der Waals surface area contributed by atoms with Gasteiger partial charge >= 0.3 is 0 Å². The fraction of sp³-hybridized carbons (Fsp3) is 0.375. The molecule has 0 saturated heterocycles. The Hall–Kier alpha value is -1.57. The number of aromatic nitrogens is 1. The lowest BCUT2D eigenvalue weighted by Crippen LogP contribution is -2.40. The minimum absolute atomic E-state index is 0. The van der Waals surface area contributed by atoms with Crippen molar-refractivity contribution in [2.45, 2.75) is 32.7 Å². The Labute approximate surface area is 149 Å². The van der Waals surface area contributed by atoms with Crippen LogP contribution in [-0.4, -0.2) is 16.9 Å². The number of nitrogens with two attached hydrogens (primary N) is 1. The van der Waals surface area contributed by atoms with Crippen LogP contribution in [0.25, 0.3) is 0 Å². The molecule has 0 aliphatic heterocycles. The number of thiazole rings is 1. The molecule has 0 aliphatic carbocycles. The molecule has 0 bridgehead atoms. The molecule has 2 rings (SSSR count). The van der Waals surface area contributed by atoms with Crippen molar-refractivity contribution in [3.63, 3.8) is 0 Å². The van der Waals surface area contributed by atoms with Crippen molar-refractivity contribution in [2.75, 3.05) is 5.32 Å². The van der Waals surface area contributed by atoms with E-state index < -0.39 is 17.7 Å². The molecule has 2 atom stereocenters. The summed E-state index contributed by atoms with van der Waals surface area (Å²) in [6.07, 6.45) is 2.66. The third-order valence-corrected chi connectivity index (χ3v) is 4.64. The monoisotopic (exact) mass is 375 g/mol. The lowest BCUT2D eigenvalue weighted by Gasteiger charge is -2.16. The number of hydrogen-bond donors (Lipinski definition) is 2. The van der Waals surface area contributed by atoms with Crippen molar-refractivity contribution in [3.8, 4) is 0 Å². The molecule has 0 saturated carbocycles. The number of amides is 1. The summed E-state index contributed by atoms with van der Waals surface area (Å²) in [7, 11) is 0. The van der Waals surface area contributed by atoms with Gasteiger partial charge < -0.3 is 11.1 Å². The number of halogens is 3. The van der Waals surface area contributed by atoms with Crippen LogP contribution in [0.1, 0.15) is 30.7 Å². The van der Waals surface area contributed by atoms with E-state index in [1.54, 1.807) is 6.20 Å². The molecule has 2 unspecified atom stereocenters.